The largest absolute Gasteiger partial charge is 0.461 e. The minimum absolute atomic E-state index is 0.0920. The molecule has 0 amide bonds. The summed E-state index contributed by atoms with van der Waals surface area (Å²) in [6, 6.07) is 9.24. The zero-order valence-corrected chi connectivity index (χ0v) is 15.4. The number of hydrogen-bond acceptors (Lipinski definition) is 5. The number of carbonyl (C=O) groups excluding carboxylic acids is 2. The average Bonchev–Trinajstić information content (AvgIpc) is 2.55. The van der Waals surface area contributed by atoms with Gasteiger partial charge in [0, 0.05) is 0 Å². The molecule has 0 saturated heterocycles. The highest BCUT2D eigenvalue weighted by Gasteiger charge is 2.35. The van der Waals surface area contributed by atoms with Gasteiger partial charge in [-0.15, -0.1) is 0 Å². The van der Waals surface area contributed by atoms with Crippen molar-refractivity contribution >= 4 is 11.9 Å². The average molecular weight is 348 g/mol. The van der Waals surface area contributed by atoms with Crippen LogP contribution in [0.25, 0.3) is 0 Å². The molecule has 1 rings (SSSR count). The minimum atomic E-state index is -0.999. The van der Waals surface area contributed by atoms with E-state index in [1.807, 2.05) is 37.3 Å². The third kappa shape index (κ3) is 7.52. The van der Waals surface area contributed by atoms with Gasteiger partial charge in [-0.2, -0.15) is 0 Å². The number of ether oxygens (including phenoxy) is 2. The van der Waals surface area contributed by atoms with Crippen molar-refractivity contribution in [1.29, 1.82) is 0 Å². The number of allylic oxidation sites excluding steroid dienone is 1. The Bertz CT molecular complexity index is 571. The summed E-state index contributed by atoms with van der Waals surface area (Å²) < 4.78 is 10.7. The normalized spacial score (nSPS) is 14.1. The molecule has 0 radical (unpaired) electrons. The second-order valence-corrected chi connectivity index (χ2v) is 6.78. The summed E-state index contributed by atoms with van der Waals surface area (Å²) >= 11 is 0. The van der Waals surface area contributed by atoms with E-state index in [1.165, 1.54) is 0 Å². The number of hydrogen-bond donors (Lipinski definition) is 1. The van der Waals surface area contributed by atoms with Crippen LogP contribution in [-0.2, 0) is 25.7 Å². The lowest BCUT2D eigenvalue weighted by molar-refractivity contribution is -0.167. The van der Waals surface area contributed by atoms with Crippen LogP contribution in [0.4, 0.5) is 0 Å². The van der Waals surface area contributed by atoms with Crippen LogP contribution < -0.4 is 0 Å². The van der Waals surface area contributed by atoms with Crippen LogP contribution in [0.3, 0.4) is 0 Å². The quantitative estimate of drug-likeness (QED) is 0.577. The topological polar surface area (TPSA) is 72.8 Å². The van der Waals surface area contributed by atoms with Gasteiger partial charge >= 0.3 is 11.9 Å². The summed E-state index contributed by atoms with van der Waals surface area (Å²) in [7, 11) is 0. The predicted molar refractivity (Wildman–Crippen MR) is 95.6 cm³/mol. The molecular weight excluding hydrogens is 320 g/mol. The first-order valence-electron chi connectivity index (χ1n) is 8.49. The summed E-state index contributed by atoms with van der Waals surface area (Å²) in [6.45, 7) is 6.79. The monoisotopic (exact) mass is 348 g/mol. The van der Waals surface area contributed by atoms with Crippen molar-refractivity contribution in [2.24, 2.45) is 11.8 Å². The molecule has 0 bridgehead atoms. The summed E-state index contributed by atoms with van der Waals surface area (Å²) in [6.07, 6.45) is 4.09. The number of carbonyl (C=O) groups is 2. The predicted octanol–water partition coefficient (Wildman–Crippen LogP) is 3.26. The molecule has 1 aromatic carbocycles. The maximum absolute atomic E-state index is 12.5. The zero-order chi connectivity index (χ0) is 18.9. The maximum Gasteiger partial charge on any atom is 0.314 e. The van der Waals surface area contributed by atoms with Gasteiger partial charge in [-0.3, -0.25) is 9.59 Å². The third-order valence-corrected chi connectivity index (χ3v) is 3.41. The number of esters is 2. The van der Waals surface area contributed by atoms with Crippen molar-refractivity contribution < 1.29 is 24.2 Å². The van der Waals surface area contributed by atoms with E-state index in [4.69, 9.17) is 9.47 Å². The van der Waals surface area contributed by atoms with E-state index in [-0.39, 0.29) is 6.61 Å². The molecule has 0 aliphatic heterocycles. The van der Waals surface area contributed by atoms with E-state index in [1.54, 1.807) is 32.9 Å². The molecule has 0 aromatic heterocycles. The molecule has 0 spiro atoms. The highest BCUT2D eigenvalue weighted by atomic mass is 16.6. The van der Waals surface area contributed by atoms with Crippen molar-refractivity contribution in [2.75, 3.05) is 6.61 Å². The second-order valence-electron chi connectivity index (χ2n) is 6.78. The summed E-state index contributed by atoms with van der Waals surface area (Å²) in [5.74, 6) is -3.05. The summed E-state index contributed by atoms with van der Waals surface area (Å²) in [5, 5.41) is 9.67. The van der Waals surface area contributed by atoms with Crippen molar-refractivity contribution in [1.82, 2.24) is 0 Å². The lowest BCUT2D eigenvalue weighted by atomic mass is 9.92. The number of benzene rings is 1. The smallest absolute Gasteiger partial charge is 0.314 e. The molecule has 138 valence electrons. The Kier molecular flexibility index (Phi) is 8.35. The van der Waals surface area contributed by atoms with Gasteiger partial charge < -0.3 is 14.6 Å². The van der Waals surface area contributed by atoms with Crippen LogP contribution in [0.1, 0.15) is 39.7 Å². The van der Waals surface area contributed by atoms with E-state index in [2.05, 4.69) is 0 Å². The summed E-state index contributed by atoms with van der Waals surface area (Å²) in [5.41, 5.74) is 0.161. The first-order chi connectivity index (χ1) is 11.8. The van der Waals surface area contributed by atoms with E-state index in [0.717, 1.165) is 5.56 Å². The number of aliphatic hydroxyl groups is 1. The molecular formula is C20H28O5. The van der Waals surface area contributed by atoms with E-state index >= 15 is 0 Å². The van der Waals surface area contributed by atoms with Gasteiger partial charge in [0.2, 0.25) is 0 Å². The fourth-order valence-electron chi connectivity index (χ4n) is 2.20. The molecule has 5 heteroatoms. The van der Waals surface area contributed by atoms with Crippen molar-refractivity contribution in [3.63, 3.8) is 0 Å². The maximum atomic E-state index is 12.5. The Balaban J connectivity index is 2.85. The van der Waals surface area contributed by atoms with Crippen LogP contribution in [0.15, 0.2) is 42.5 Å². The molecule has 1 N–H and O–H groups in total. The van der Waals surface area contributed by atoms with E-state index < -0.39 is 36.0 Å². The molecule has 5 nitrogen and oxygen atoms in total. The Morgan fingerprint density at radius 1 is 1.16 bits per heavy atom. The van der Waals surface area contributed by atoms with Crippen molar-refractivity contribution in [2.45, 2.75) is 46.3 Å². The fourth-order valence-corrected chi connectivity index (χ4v) is 2.20. The van der Waals surface area contributed by atoms with Crippen molar-refractivity contribution in [3.05, 3.63) is 48.0 Å². The molecule has 0 fully saturated rings. The molecule has 0 saturated carbocycles. The molecule has 25 heavy (non-hydrogen) atoms. The van der Waals surface area contributed by atoms with Gasteiger partial charge in [-0.05, 0) is 32.8 Å². The van der Waals surface area contributed by atoms with Gasteiger partial charge in [0.1, 0.15) is 12.2 Å². The molecule has 2 atom stereocenters. The van der Waals surface area contributed by atoms with Gasteiger partial charge in [0.25, 0.3) is 0 Å². The minimum Gasteiger partial charge on any atom is -0.461 e. The van der Waals surface area contributed by atoms with Crippen molar-refractivity contribution in [3.8, 4) is 0 Å². The van der Waals surface area contributed by atoms with Crippen LogP contribution in [0, 0.1) is 11.8 Å². The molecule has 0 aliphatic carbocycles. The van der Waals surface area contributed by atoms with E-state index in [0.29, 0.717) is 6.42 Å². The summed E-state index contributed by atoms with van der Waals surface area (Å²) in [4.78, 5) is 24.8. The lowest BCUT2D eigenvalue weighted by Crippen LogP contribution is -2.37. The number of aliphatic hydroxyl groups excluding tert-OH is 1. The number of rotatable bonds is 8. The van der Waals surface area contributed by atoms with Crippen LogP contribution in [0.2, 0.25) is 0 Å². The van der Waals surface area contributed by atoms with Gasteiger partial charge in [0.15, 0.2) is 0 Å². The second kappa shape index (κ2) is 9.99. The molecule has 0 heterocycles. The SMILES string of the molecule is CC/C=C/C(C(=O)OC(C)(C)C)C(CO)C(=O)OCc1ccccc1. The molecule has 1 aromatic rings. The first kappa shape index (κ1) is 20.9. The Hall–Kier alpha value is -2.14. The Morgan fingerprint density at radius 3 is 2.32 bits per heavy atom. The van der Waals surface area contributed by atoms with Crippen LogP contribution in [0.5, 0.6) is 0 Å². The Labute approximate surface area is 149 Å². The van der Waals surface area contributed by atoms with Gasteiger partial charge in [0.05, 0.1) is 18.4 Å². The highest BCUT2D eigenvalue weighted by Crippen LogP contribution is 2.21. The standard InChI is InChI=1S/C20H28O5/c1-5-6-12-16(19(23)25-20(2,3)4)17(13-21)18(22)24-14-15-10-8-7-9-11-15/h6-12,16-17,21H,5,13-14H2,1-4H3/b12-6+. The van der Waals surface area contributed by atoms with Gasteiger partial charge in [-0.25, -0.2) is 0 Å². The molecule has 0 aliphatic rings. The Morgan fingerprint density at radius 2 is 1.80 bits per heavy atom. The third-order valence-electron chi connectivity index (χ3n) is 3.41. The van der Waals surface area contributed by atoms with Crippen LogP contribution in [-0.4, -0.2) is 29.3 Å². The fraction of sp³-hybridized carbons (Fsp3) is 0.500. The zero-order valence-electron chi connectivity index (χ0n) is 15.4. The first-order valence-corrected chi connectivity index (χ1v) is 8.49. The van der Waals surface area contributed by atoms with E-state index in [9.17, 15) is 14.7 Å². The lowest BCUT2D eigenvalue weighted by Gasteiger charge is -2.25. The highest BCUT2D eigenvalue weighted by molar-refractivity contribution is 5.83. The van der Waals surface area contributed by atoms with Gasteiger partial charge in [-0.1, -0.05) is 49.4 Å². The molecule has 2 unspecified atom stereocenters. The van der Waals surface area contributed by atoms with Crippen LogP contribution >= 0.6 is 0 Å².